The van der Waals surface area contributed by atoms with Crippen molar-refractivity contribution in [2.45, 2.75) is 26.2 Å². The van der Waals surface area contributed by atoms with E-state index in [9.17, 15) is 4.79 Å². The summed E-state index contributed by atoms with van der Waals surface area (Å²) in [5, 5.41) is 5.06. The molecule has 0 radical (unpaired) electrons. The first kappa shape index (κ1) is 13.4. The second-order valence-corrected chi connectivity index (χ2v) is 6.18. The standard InChI is InChI=1S/C14H18N4OS/c1-10-11(9-15-17(10)2)8-12-13(19)16-14(20-12)18-6-4-3-5-7-18/h8-9H,3-7H2,1-2H3/b12-8+. The van der Waals surface area contributed by atoms with Gasteiger partial charge in [0.1, 0.15) is 0 Å². The van der Waals surface area contributed by atoms with Crippen LogP contribution in [0.25, 0.3) is 6.08 Å². The highest BCUT2D eigenvalue weighted by atomic mass is 32.2. The number of piperidine rings is 1. The lowest BCUT2D eigenvalue weighted by molar-refractivity contribution is -0.113. The molecule has 0 saturated carbocycles. The van der Waals surface area contributed by atoms with E-state index >= 15 is 0 Å². The summed E-state index contributed by atoms with van der Waals surface area (Å²) in [5.74, 6) is -0.126. The Kier molecular flexibility index (Phi) is 3.65. The van der Waals surface area contributed by atoms with Gasteiger partial charge in [0.15, 0.2) is 5.17 Å². The molecule has 20 heavy (non-hydrogen) atoms. The quantitative estimate of drug-likeness (QED) is 0.744. The van der Waals surface area contributed by atoms with Gasteiger partial charge in [0.25, 0.3) is 5.91 Å². The summed E-state index contributed by atoms with van der Waals surface area (Å²) in [4.78, 5) is 19.1. The predicted molar refractivity (Wildman–Crippen MR) is 81.4 cm³/mol. The Labute approximate surface area is 122 Å². The second kappa shape index (κ2) is 5.44. The van der Waals surface area contributed by atoms with Crippen molar-refractivity contribution >= 4 is 28.9 Å². The number of thioether (sulfide) groups is 1. The summed E-state index contributed by atoms with van der Waals surface area (Å²) >= 11 is 1.49. The van der Waals surface area contributed by atoms with Crippen LogP contribution in [0.15, 0.2) is 16.1 Å². The zero-order valence-electron chi connectivity index (χ0n) is 11.8. The molecule has 0 atom stereocenters. The molecule has 106 valence electrons. The number of carbonyl (C=O) groups excluding carboxylic acids is 1. The molecule has 1 aromatic rings. The number of nitrogens with zero attached hydrogens (tertiary/aromatic N) is 4. The minimum Gasteiger partial charge on any atom is -0.351 e. The zero-order chi connectivity index (χ0) is 14.1. The average Bonchev–Trinajstić information content (AvgIpc) is 2.98. The number of amides is 1. The SMILES string of the molecule is Cc1c(/C=C2/SC(N3CCCCC3)=NC2=O)cnn1C. The molecule has 1 aromatic heterocycles. The Hall–Kier alpha value is -1.56. The molecule has 1 saturated heterocycles. The van der Waals surface area contributed by atoms with Gasteiger partial charge < -0.3 is 4.90 Å². The van der Waals surface area contributed by atoms with Crippen molar-refractivity contribution in [2.24, 2.45) is 12.0 Å². The number of amidine groups is 1. The van der Waals surface area contributed by atoms with Gasteiger partial charge in [-0.1, -0.05) is 0 Å². The maximum absolute atomic E-state index is 12.0. The lowest BCUT2D eigenvalue weighted by Gasteiger charge is -2.27. The lowest BCUT2D eigenvalue weighted by atomic mass is 10.1. The van der Waals surface area contributed by atoms with E-state index in [0.29, 0.717) is 4.91 Å². The highest BCUT2D eigenvalue weighted by molar-refractivity contribution is 8.18. The molecule has 3 heterocycles. The summed E-state index contributed by atoms with van der Waals surface area (Å²) < 4.78 is 1.81. The number of aryl methyl sites for hydroxylation is 1. The van der Waals surface area contributed by atoms with Crippen molar-refractivity contribution < 1.29 is 4.79 Å². The maximum Gasteiger partial charge on any atom is 0.286 e. The maximum atomic E-state index is 12.0. The molecule has 0 bridgehead atoms. The van der Waals surface area contributed by atoms with Crippen LogP contribution in [-0.2, 0) is 11.8 Å². The Morgan fingerprint density at radius 2 is 2.05 bits per heavy atom. The van der Waals surface area contributed by atoms with Crippen molar-refractivity contribution in [2.75, 3.05) is 13.1 Å². The van der Waals surface area contributed by atoms with Crippen LogP contribution in [0.2, 0.25) is 0 Å². The Bertz CT molecular complexity index is 596. The van der Waals surface area contributed by atoms with Gasteiger partial charge in [0.05, 0.1) is 11.1 Å². The lowest BCUT2D eigenvalue weighted by Crippen LogP contribution is -2.33. The summed E-state index contributed by atoms with van der Waals surface area (Å²) in [6.07, 6.45) is 7.34. The predicted octanol–water partition coefficient (Wildman–Crippen LogP) is 2.18. The van der Waals surface area contributed by atoms with Gasteiger partial charge in [-0.15, -0.1) is 0 Å². The Balaban J connectivity index is 1.78. The van der Waals surface area contributed by atoms with Gasteiger partial charge in [-0.3, -0.25) is 9.48 Å². The van der Waals surface area contributed by atoms with Gasteiger partial charge in [0, 0.05) is 31.4 Å². The third-order valence-electron chi connectivity index (χ3n) is 3.80. The Morgan fingerprint density at radius 3 is 2.70 bits per heavy atom. The van der Waals surface area contributed by atoms with Gasteiger partial charge in [-0.25, -0.2) is 0 Å². The van der Waals surface area contributed by atoms with Crippen LogP contribution in [0.5, 0.6) is 0 Å². The number of hydrogen-bond donors (Lipinski definition) is 0. The smallest absolute Gasteiger partial charge is 0.286 e. The molecule has 0 aliphatic carbocycles. The van der Waals surface area contributed by atoms with Crippen LogP contribution < -0.4 is 0 Å². The molecule has 2 aliphatic rings. The van der Waals surface area contributed by atoms with Gasteiger partial charge in [-0.2, -0.15) is 10.1 Å². The topological polar surface area (TPSA) is 50.5 Å². The van der Waals surface area contributed by atoms with Crippen LogP contribution in [0, 0.1) is 6.92 Å². The second-order valence-electron chi connectivity index (χ2n) is 5.17. The summed E-state index contributed by atoms with van der Waals surface area (Å²) in [5.41, 5.74) is 2.04. The van der Waals surface area contributed by atoms with Gasteiger partial charge in [-0.05, 0) is 44.0 Å². The van der Waals surface area contributed by atoms with E-state index in [0.717, 1.165) is 29.5 Å². The van der Waals surface area contributed by atoms with Crippen LogP contribution in [-0.4, -0.2) is 38.8 Å². The van der Waals surface area contributed by atoms with Crippen molar-refractivity contribution in [3.63, 3.8) is 0 Å². The molecule has 0 spiro atoms. The third kappa shape index (κ3) is 2.52. The number of aromatic nitrogens is 2. The highest BCUT2D eigenvalue weighted by Gasteiger charge is 2.27. The van der Waals surface area contributed by atoms with Crippen LogP contribution in [0.4, 0.5) is 0 Å². The molecule has 1 fully saturated rings. The number of hydrogen-bond acceptors (Lipinski definition) is 4. The summed E-state index contributed by atoms with van der Waals surface area (Å²) in [6.45, 7) is 4.02. The van der Waals surface area contributed by atoms with Crippen molar-refractivity contribution in [1.29, 1.82) is 0 Å². The van der Waals surface area contributed by atoms with Crippen molar-refractivity contribution in [3.05, 3.63) is 22.4 Å². The molecule has 0 N–H and O–H groups in total. The number of likely N-dealkylation sites (tertiary alicyclic amines) is 1. The number of aliphatic imine (C=N–C) groups is 1. The molecule has 3 rings (SSSR count). The Morgan fingerprint density at radius 1 is 1.30 bits per heavy atom. The van der Waals surface area contributed by atoms with Crippen LogP contribution >= 0.6 is 11.8 Å². The monoisotopic (exact) mass is 290 g/mol. The first-order chi connectivity index (χ1) is 9.65. The molecular weight excluding hydrogens is 272 g/mol. The first-order valence-electron chi connectivity index (χ1n) is 6.91. The van der Waals surface area contributed by atoms with Crippen LogP contribution in [0.3, 0.4) is 0 Å². The molecule has 5 nitrogen and oxygen atoms in total. The van der Waals surface area contributed by atoms with Crippen LogP contribution in [0.1, 0.15) is 30.5 Å². The van der Waals surface area contributed by atoms with E-state index in [4.69, 9.17) is 0 Å². The summed E-state index contributed by atoms with van der Waals surface area (Å²) in [6, 6.07) is 0. The molecule has 0 aromatic carbocycles. The first-order valence-corrected chi connectivity index (χ1v) is 7.73. The molecule has 6 heteroatoms. The van der Waals surface area contributed by atoms with Crippen molar-refractivity contribution in [3.8, 4) is 0 Å². The van der Waals surface area contributed by atoms with E-state index in [1.54, 1.807) is 6.20 Å². The number of carbonyl (C=O) groups is 1. The van der Waals surface area contributed by atoms with Gasteiger partial charge in [0.2, 0.25) is 0 Å². The minimum atomic E-state index is -0.126. The fourth-order valence-corrected chi connectivity index (χ4v) is 3.37. The van der Waals surface area contributed by atoms with E-state index in [1.807, 2.05) is 24.7 Å². The fourth-order valence-electron chi connectivity index (χ4n) is 2.42. The third-order valence-corrected chi connectivity index (χ3v) is 4.84. The largest absolute Gasteiger partial charge is 0.351 e. The normalized spacial score (nSPS) is 21.7. The highest BCUT2D eigenvalue weighted by Crippen LogP contribution is 2.31. The van der Waals surface area contributed by atoms with Crippen molar-refractivity contribution in [1.82, 2.24) is 14.7 Å². The molecule has 1 amide bonds. The molecular formula is C14H18N4OS. The van der Waals surface area contributed by atoms with Gasteiger partial charge >= 0.3 is 0 Å². The van der Waals surface area contributed by atoms with E-state index < -0.39 is 0 Å². The average molecular weight is 290 g/mol. The molecule has 0 unspecified atom stereocenters. The van der Waals surface area contributed by atoms with E-state index in [-0.39, 0.29) is 5.91 Å². The zero-order valence-corrected chi connectivity index (χ0v) is 12.6. The molecule has 2 aliphatic heterocycles. The minimum absolute atomic E-state index is 0.126. The van der Waals surface area contributed by atoms with E-state index in [2.05, 4.69) is 15.0 Å². The van der Waals surface area contributed by atoms with E-state index in [1.165, 1.54) is 31.0 Å². The fraction of sp³-hybridized carbons (Fsp3) is 0.500. The number of rotatable bonds is 1. The summed E-state index contributed by atoms with van der Waals surface area (Å²) in [7, 11) is 1.90.